The Balaban J connectivity index is 1.84. The summed E-state index contributed by atoms with van der Waals surface area (Å²) in [5, 5.41) is 6.29. The van der Waals surface area contributed by atoms with Crippen molar-refractivity contribution in [3.63, 3.8) is 0 Å². The molecule has 0 radical (unpaired) electrons. The summed E-state index contributed by atoms with van der Waals surface area (Å²) in [6.07, 6.45) is 0.734. The fraction of sp³-hybridized carbons (Fsp3) is 0.421. The number of nitrogens with zero attached hydrogens (tertiary/aromatic N) is 2. The number of amides is 2. The third kappa shape index (κ3) is 4.33. The first-order chi connectivity index (χ1) is 13.6. The number of carbonyl (C=O) groups excluding carboxylic acids is 2. The van der Waals surface area contributed by atoms with Crippen LogP contribution in [0.3, 0.4) is 0 Å². The predicted octanol–water partition coefficient (Wildman–Crippen LogP) is 1.83. The number of nitrogens with one attached hydrogen (secondary N) is 2. The molecule has 29 heavy (non-hydrogen) atoms. The molecule has 2 N–H and O–H groups in total. The molecule has 0 bridgehead atoms. The average molecular weight is 420 g/mol. The van der Waals surface area contributed by atoms with Gasteiger partial charge in [-0.1, -0.05) is 25.4 Å². The minimum atomic E-state index is -3.99. The van der Waals surface area contributed by atoms with E-state index in [-0.39, 0.29) is 29.0 Å². The third-order valence-electron chi connectivity index (χ3n) is 5.10. The smallest absolute Gasteiger partial charge is 0.244 e. The molecule has 0 aliphatic carbocycles. The first-order valence-corrected chi connectivity index (χ1v) is 10.8. The lowest BCUT2D eigenvalue weighted by Crippen LogP contribution is -2.47. The molecule has 0 saturated heterocycles. The maximum Gasteiger partial charge on any atom is 0.244 e. The maximum absolute atomic E-state index is 13.0. The van der Waals surface area contributed by atoms with E-state index < -0.39 is 22.0 Å². The van der Waals surface area contributed by atoms with E-state index >= 15 is 0 Å². The summed E-state index contributed by atoms with van der Waals surface area (Å²) in [5.41, 5.74) is 1.33. The van der Waals surface area contributed by atoms with Gasteiger partial charge in [-0.05, 0) is 36.6 Å². The summed E-state index contributed by atoms with van der Waals surface area (Å²) in [7, 11) is -2.34. The van der Waals surface area contributed by atoms with E-state index in [1.54, 1.807) is 33.0 Å². The lowest BCUT2D eigenvalue weighted by atomic mass is 9.99. The van der Waals surface area contributed by atoms with Crippen LogP contribution in [0, 0.1) is 12.8 Å². The van der Waals surface area contributed by atoms with Crippen molar-refractivity contribution < 1.29 is 22.5 Å². The van der Waals surface area contributed by atoms with E-state index in [2.05, 4.69) is 15.2 Å². The molecule has 1 aromatic heterocycles. The molecule has 2 amide bonds. The summed E-state index contributed by atoms with van der Waals surface area (Å²) >= 11 is 0. The van der Waals surface area contributed by atoms with E-state index in [4.69, 9.17) is 4.52 Å². The summed E-state index contributed by atoms with van der Waals surface area (Å²) in [6.45, 7) is 5.35. The highest BCUT2D eigenvalue weighted by molar-refractivity contribution is 7.89. The number of aryl methyl sites for hydroxylation is 1. The third-order valence-corrected chi connectivity index (χ3v) is 6.53. The Bertz CT molecular complexity index is 1050. The Hall–Kier alpha value is -2.72. The zero-order valence-corrected chi connectivity index (χ0v) is 17.5. The van der Waals surface area contributed by atoms with Gasteiger partial charge in [0.1, 0.15) is 11.8 Å². The number of fused-ring (bicyclic) bond motifs is 1. The highest BCUT2D eigenvalue weighted by Crippen LogP contribution is 2.30. The number of aromatic nitrogens is 1. The van der Waals surface area contributed by atoms with Gasteiger partial charge in [0.2, 0.25) is 21.8 Å². The van der Waals surface area contributed by atoms with Gasteiger partial charge in [0, 0.05) is 18.8 Å². The molecule has 0 saturated carbocycles. The van der Waals surface area contributed by atoms with Crippen molar-refractivity contribution in [1.29, 1.82) is 0 Å². The van der Waals surface area contributed by atoms with Gasteiger partial charge >= 0.3 is 0 Å². The topological polar surface area (TPSA) is 122 Å². The molecule has 2 aromatic rings. The van der Waals surface area contributed by atoms with Crippen molar-refractivity contribution in [2.24, 2.45) is 5.92 Å². The molecule has 0 spiro atoms. The van der Waals surface area contributed by atoms with Crippen LogP contribution < -0.4 is 14.9 Å². The Morgan fingerprint density at radius 2 is 2.07 bits per heavy atom. The zero-order valence-electron chi connectivity index (χ0n) is 16.7. The van der Waals surface area contributed by atoms with Crippen molar-refractivity contribution >= 4 is 33.3 Å². The van der Waals surface area contributed by atoms with E-state index in [0.29, 0.717) is 23.4 Å². The number of rotatable bonds is 7. The highest BCUT2D eigenvalue weighted by Gasteiger charge is 2.32. The average Bonchev–Trinajstić information content (AvgIpc) is 3.21. The molecule has 2 heterocycles. The Morgan fingerprint density at radius 1 is 1.34 bits per heavy atom. The molecule has 1 aromatic carbocycles. The summed E-state index contributed by atoms with van der Waals surface area (Å²) in [6, 6.07) is 5.06. The first-order valence-electron chi connectivity index (χ1n) is 9.28. The second-order valence-electron chi connectivity index (χ2n) is 7.22. The number of anilines is 2. The molecular weight excluding hydrogens is 396 g/mol. The molecule has 1 aliphatic rings. The fourth-order valence-corrected chi connectivity index (χ4v) is 4.50. The lowest BCUT2D eigenvalue weighted by Gasteiger charge is -2.23. The summed E-state index contributed by atoms with van der Waals surface area (Å²) in [5.74, 6) is -0.132. The standard InChI is InChI=1S/C19H24N4O5S/c1-5-11(2)18(19(25)20-16-8-12(3)28-21-16)22-29(26,27)14-6-7-15-13(9-14)10-17(24)23(15)4/h6-9,11,18,22H,5,10H2,1-4H3,(H,20,21,25)/t11?,18-/m0/s1. The van der Waals surface area contributed by atoms with Crippen LogP contribution in [-0.4, -0.2) is 38.5 Å². The molecule has 1 unspecified atom stereocenters. The van der Waals surface area contributed by atoms with Gasteiger partial charge in [-0.15, -0.1) is 0 Å². The van der Waals surface area contributed by atoms with Crippen molar-refractivity contribution in [2.45, 2.75) is 44.6 Å². The molecule has 3 rings (SSSR count). The molecule has 0 fully saturated rings. The van der Waals surface area contributed by atoms with Crippen LogP contribution in [0.25, 0.3) is 0 Å². The molecule has 10 heteroatoms. The van der Waals surface area contributed by atoms with Gasteiger partial charge in [-0.25, -0.2) is 8.42 Å². The van der Waals surface area contributed by atoms with Gasteiger partial charge < -0.3 is 14.7 Å². The van der Waals surface area contributed by atoms with Crippen LogP contribution in [0.5, 0.6) is 0 Å². The largest absolute Gasteiger partial charge is 0.360 e. The van der Waals surface area contributed by atoms with Crippen LogP contribution in [0.15, 0.2) is 33.7 Å². The van der Waals surface area contributed by atoms with Crippen LogP contribution in [0.1, 0.15) is 31.6 Å². The van der Waals surface area contributed by atoms with Gasteiger partial charge in [-0.3, -0.25) is 9.59 Å². The predicted molar refractivity (Wildman–Crippen MR) is 107 cm³/mol. The van der Waals surface area contributed by atoms with Crippen LogP contribution in [0.4, 0.5) is 11.5 Å². The molecule has 9 nitrogen and oxygen atoms in total. The molecule has 1 aliphatic heterocycles. The lowest BCUT2D eigenvalue weighted by molar-refractivity contribution is -0.119. The molecular formula is C19H24N4O5S. The number of carbonyl (C=O) groups is 2. The highest BCUT2D eigenvalue weighted by atomic mass is 32.2. The van der Waals surface area contributed by atoms with Gasteiger partial charge in [0.25, 0.3) is 0 Å². The Kier molecular flexibility index (Phi) is 5.76. The van der Waals surface area contributed by atoms with Gasteiger partial charge in [-0.2, -0.15) is 4.72 Å². The molecule has 2 atom stereocenters. The van der Waals surface area contributed by atoms with E-state index in [1.807, 2.05) is 6.92 Å². The van der Waals surface area contributed by atoms with Crippen molar-refractivity contribution in [3.05, 3.63) is 35.6 Å². The quantitative estimate of drug-likeness (QED) is 0.705. The van der Waals surface area contributed by atoms with Crippen molar-refractivity contribution in [1.82, 2.24) is 9.88 Å². The fourth-order valence-electron chi connectivity index (χ4n) is 3.14. The SMILES string of the molecule is CCC(C)[C@H](NS(=O)(=O)c1ccc2c(c1)CC(=O)N2C)C(=O)Nc1cc(C)on1. The van der Waals surface area contributed by atoms with E-state index in [0.717, 1.165) is 0 Å². The number of benzene rings is 1. The van der Waals surface area contributed by atoms with Gasteiger partial charge in [0.05, 0.1) is 11.3 Å². The van der Waals surface area contributed by atoms with Crippen molar-refractivity contribution in [3.8, 4) is 0 Å². The van der Waals surface area contributed by atoms with Crippen LogP contribution >= 0.6 is 0 Å². The van der Waals surface area contributed by atoms with Crippen LogP contribution in [0.2, 0.25) is 0 Å². The zero-order chi connectivity index (χ0) is 21.3. The van der Waals surface area contributed by atoms with E-state index in [9.17, 15) is 18.0 Å². The maximum atomic E-state index is 13.0. The minimum Gasteiger partial charge on any atom is -0.360 e. The van der Waals surface area contributed by atoms with Gasteiger partial charge in [0.15, 0.2) is 5.82 Å². The molecule has 156 valence electrons. The minimum absolute atomic E-state index is 0.0118. The first kappa shape index (κ1) is 21.0. The number of sulfonamides is 1. The number of hydrogen-bond donors (Lipinski definition) is 2. The normalized spacial score (nSPS) is 15.9. The summed E-state index contributed by atoms with van der Waals surface area (Å²) in [4.78, 5) is 26.1. The van der Waals surface area contributed by atoms with Crippen LogP contribution in [-0.2, 0) is 26.0 Å². The monoisotopic (exact) mass is 420 g/mol. The second kappa shape index (κ2) is 7.96. The summed E-state index contributed by atoms with van der Waals surface area (Å²) < 4.78 is 33.4. The number of hydrogen-bond acceptors (Lipinski definition) is 6. The second-order valence-corrected chi connectivity index (χ2v) is 8.93. The Morgan fingerprint density at radius 3 is 2.69 bits per heavy atom. The number of likely N-dealkylation sites (N-methyl/N-ethyl adjacent to an activating group) is 1. The Labute approximate surface area is 169 Å². The van der Waals surface area contributed by atoms with E-state index in [1.165, 1.54) is 17.0 Å². The van der Waals surface area contributed by atoms with Crippen molar-refractivity contribution in [2.75, 3.05) is 17.3 Å².